The van der Waals surface area contributed by atoms with Crippen molar-refractivity contribution in [2.75, 3.05) is 7.05 Å². The first-order valence-electron chi connectivity index (χ1n) is 4.98. The second-order valence-corrected chi connectivity index (χ2v) is 4.45. The number of pyridine rings is 1. The van der Waals surface area contributed by atoms with Gasteiger partial charge in [0.15, 0.2) is 0 Å². The van der Waals surface area contributed by atoms with Gasteiger partial charge >= 0.3 is 0 Å². The van der Waals surface area contributed by atoms with E-state index in [4.69, 9.17) is 0 Å². The van der Waals surface area contributed by atoms with Gasteiger partial charge in [0.1, 0.15) is 0 Å². The highest BCUT2D eigenvalue weighted by atomic mass is 79.9. The average Bonchev–Trinajstić information content (AvgIpc) is 2.67. The molecule has 2 aromatic rings. The smallest absolute Gasteiger partial charge is 0.0761 e. The summed E-state index contributed by atoms with van der Waals surface area (Å²) >= 11 is 3.43. The molecule has 1 N–H and O–H groups in total. The summed E-state index contributed by atoms with van der Waals surface area (Å²) in [5.74, 6) is 0. The van der Waals surface area contributed by atoms with E-state index in [0.29, 0.717) is 0 Å². The minimum Gasteiger partial charge on any atom is -0.308 e. The van der Waals surface area contributed by atoms with Gasteiger partial charge in [-0.2, -0.15) is 5.10 Å². The van der Waals surface area contributed by atoms with Crippen LogP contribution in [-0.2, 0) is 7.05 Å². The maximum Gasteiger partial charge on any atom is 0.0761 e. The second-order valence-electron chi connectivity index (χ2n) is 3.54. The normalized spacial score (nSPS) is 12.7. The number of halogens is 1. The molecule has 0 amide bonds. The number of aryl methyl sites for hydroxylation is 1. The lowest BCUT2D eigenvalue weighted by atomic mass is 10.1. The van der Waals surface area contributed by atoms with Gasteiger partial charge in [-0.3, -0.25) is 9.67 Å². The van der Waals surface area contributed by atoms with E-state index in [-0.39, 0.29) is 6.04 Å². The first-order valence-corrected chi connectivity index (χ1v) is 5.77. The molecule has 2 aromatic heterocycles. The Hall–Kier alpha value is -1.20. The van der Waals surface area contributed by atoms with Gasteiger partial charge in [0.25, 0.3) is 0 Å². The summed E-state index contributed by atoms with van der Waals surface area (Å²) in [7, 11) is 3.86. The lowest BCUT2D eigenvalue weighted by Crippen LogP contribution is -2.20. The first-order chi connectivity index (χ1) is 7.72. The Kier molecular flexibility index (Phi) is 3.36. The van der Waals surface area contributed by atoms with Crippen LogP contribution >= 0.6 is 15.9 Å². The van der Waals surface area contributed by atoms with Crippen LogP contribution < -0.4 is 5.32 Å². The van der Waals surface area contributed by atoms with E-state index in [9.17, 15) is 0 Å². The maximum atomic E-state index is 4.18. The highest BCUT2D eigenvalue weighted by molar-refractivity contribution is 9.10. The summed E-state index contributed by atoms with van der Waals surface area (Å²) in [6.07, 6.45) is 5.43. The number of rotatable bonds is 3. The molecule has 2 heterocycles. The Bertz CT molecular complexity index is 480. The van der Waals surface area contributed by atoms with Gasteiger partial charge in [-0.1, -0.05) is 0 Å². The van der Waals surface area contributed by atoms with E-state index >= 15 is 0 Å². The fourth-order valence-corrected chi connectivity index (χ4v) is 2.12. The van der Waals surface area contributed by atoms with Gasteiger partial charge in [-0.15, -0.1) is 0 Å². The minimum atomic E-state index is 0.109. The highest BCUT2D eigenvalue weighted by Gasteiger charge is 2.15. The van der Waals surface area contributed by atoms with Crippen LogP contribution in [-0.4, -0.2) is 21.8 Å². The fourth-order valence-electron chi connectivity index (χ4n) is 1.74. The molecule has 0 aliphatic carbocycles. The molecule has 1 unspecified atom stereocenters. The van der Waals surface area contributed by atoms with Crippen molar-refractivity contribution >= 4 is 15.9 Å². The molecule has 0 fully saturated rings. The summed E-state index contributed by atoms with van der Waals surface area (Å²) in [6, 6.07) is 4.17. The third-order valence-corrected chi connectivity index (χ3v) is 2.94. The fraction of sp³-hybridized carbons (Fsp3) is 0.273. The van der Waals surface area contributed by atoms with E-state index in [1.807, 2.05) is 31.0 Å². The Morgan fingerprint density at radius 1 is 1.44 bits per heavy atom. The predicted molar refractivity (Wildman–Crippen MR) is 66.0 cm³/mol. The zero-order valence-corrected chi connectivity index (χ0v) is 10.8. The molecule has 0 aromatic carbocycles. The minimum absolute atomic E-state index is 0.109. The Morgan fingerprint density at radius 2 is 2.25 bits per heavy atom. The third kappa shape index (κ3) is 2.15. The standard InChI is InChI=1S/C11H13BrN4/c1-13-11(10-3-4-15-16(10)2)8-5-9(12)7-14-6-8/h3-7,11,13H,1-2H3. The number of nitrogens with zero attached hydrogens (tertiary/aromatic N) is 3. The maximum absolute atomic E-state index is 4.18. The molecule has 0 radical (unpaired) electrons. The quantitative estimate of drug-likeness (QED) is 0.934. The molecular formula is C11H13BrN4. The van der Waals surface area contributed by atoms with Gasteiger partial charge < -0.3 is 5.32 Å². The zero-order chi connectivity index (χ0) is 11.5. The van der Waals surface area contributed by atoms with E-state index in [0.717, 1.165) is 15.7 Å². The molecule has 5 heteroatoms. The van der Waals surface area contributed by atoms with E-state index in [2.05, 4.69) is 37.4 Å². The topological polar surface area (TPSA) is 42.7 Å². The summed E-state index contributed by atoms with van der Waals surface area (Å²) in [6.45, 7) is 0. The molecular weight excluding hydrogens is 268 g/mol. The van der Waals surface area contributed by atoms with Crippen LogP contribution in [0.3, 0.4) is 0 Å². The number of aromatic nitrogens is 3. The second kappa shape index (κ2) is 4.76. The Balaban J connectivity index is 2.40. The van der Waals surface area contributed by atoms with Gasteiger partial charge in [-0.25, -0.2) is 0 Å². The van der Waals surface area contributed by atoms with Crippen molar-refractivity contribution in [1.29, 1.82) is 0 Å². The molecule has 0 bridgehead atoms. The summed E-state index contributed by atoms with van der Waals surface area (Å²) in [4.78, 5) is 4.18. The monoisotopic (exact) mass is 280 g/mol. The lowest BCUT2D eigenvalue weighted by molar-refractivity contribution is 0.604. The van der Waals surface area contributed by atoms with Gasteiger partial charge in [0.2, 0.25) is 0 Å². The Labute approximate surface area is 103 Å². The zero-order valence-electron chi connectivity index (χ0n) is 9.18. The molecule has 0 aliphatic heterocycles. The molecule has 16 heavy (non-hydrogen) atoms. The van der Waals surface area contributed by atoms with Crippen molar-refractivity contribution in [3.05, 3.63) is 46.5 Å². The van der Waals surface area contributed by atoms with Crippen LogP contribution in [0.2, 0.25) is 0 Å². The molecule has 4 nitrogen and oxygen atoms in total. The van der Waals surface area contributed by atoms with Crippen LogP contribution in [0.15, 0.2) is 35.2 Å². The SMILES string of the molecule is CNC(c1cncc(Br)c1)c1ccnn1C. The van der Waals surface area contributed by atoms with Gasteiger partial charge in [0, 0.05) is 30.1 Å². The molecule has 1 atom stereocenters. The molecule has 84 valence electrons. The summed E-state index contributed by atoms with van der Waals surface area (Å²) < 4.78 is 2.84. The molecule has 2 rings (SSSR count). The molecule has 0 saturated heterocycles. The highest BCUT2D eigenvalue weighted by Crippen LogP contribution is 2.22. The molecule has 0 saturated carbocycles. The average molecular weight is 281 g/mol. The Morgan fingerprint density at radius 3 is 2.81 bits per heavy atom. The number of hydrogen-bond acceptors (Lipinski definition) is 3. The summed E-state index contributed by atoms with van der Waals surface area (Å²) in [5, 5.41) is 7.45. The van der Waals surface area contributed by atoms with Crippen molar-refractivity contribution in [3.63, 3.8) is 0 Å². The largest absolute Gasteiger partial charge is 0.308 e. The molecule has 0 spiro atoms. The van der Waals surface area contributed by atoms with Crippen molar-refractivity contribution in [2.45, 2.75) is 6.04 Å². The van der Waals surface area contributed by atoms with Crippen LogP contribution in [0.25, 0.3) is 0 Å². The van der Waals surface area contributed by atoms with Crippen molar-refractivity contribution in [2.24, 2.45) is 7.05 Å². The molecule has 0 aliphatic rings. The van der Waals surface area contributed by atoms with E-state index < -0.39 is 0 Å². The van der Waals surface area contributed by atoms with Crippen LogP contribution in [0.1, 0.15) is 17.3 Å². The van der Waals surface area contributed by atoms with Gasteiger partial charge in [-0.05, 0) is 40.7 Å². The van der Waals surface area contributed by atoms with Crippen LogP contribution in [0.5, 0.6) is 0 Å². The van der Waals surface area contributed by atoms with Crippen LogP contribution in [0.4, 0.5) is 0 Å². The van der Waals surface area contributed by atoms with E-state index in [1.165, 1.54) is 0 Å². The van der Waals surface area contributed by atoms with E-state index in [1.54, 1.807) is 12.4 Å². The first kappa shape index (κ1) is 11.3. The lowest BCUT2D eigenvalue weighted by Gasteiger charge is -2.16. The predicted octanol–water partition coefficient (Wildman–Crippen LogP) is 1.89. The summed E-state index contributed by atoms with van der Waals surface area (Å²) in [5.41, 5.74) is 2.22. The number of nitrogens with one attached hydrogen (secondary N) is 1. The van der Waals surface area contributed by atoms with Crippen molar-refractivity contribution in [3.8, 4) is 0 Å². The van der Waals surface area contributed by atoms with Gasteiger partial charge in [0.05, 0.1) is 11.7 Å². The number of hydrogen-bond donors (Lipinski definition) is 1. The van der Waals surface area contributed by atoms with Crippen molar-refractivity contribution in [1.82, 2.24) is 20.1 Å². The van der Waals surface area contributed by atoms with Crippen LogP contribution in [0, 0.1) is 0 Å². The van der Waals surface area contributed by atoms with Crippen molar-refractivity contribution < 1.29 is 0 Å². The third-order valence-electron chi connectivity index (χ3n) is 2.50.